The number of halogens is 2. The van der Waals surface area contributed by atoms with Gasteiger partial charge in [0.2, 0.25) is 0 Å². The van der Waals surface area contributed by atoms with Gasteiger partial charge in [0.25, 0.3) is 0 Å². The molecule has 0 unspecified atom stereocenters. The zero-order valence-corrected chi connectivity index (χ0v) is 13.4. The van der Waals surface area contributed by atoms with Crippen molar-refractivity contribution in [3.05, 3.63) is 64.1 Å². The lowest BCUT2D eigenvalue weighted by Gasteiger charge is -2.18. The molecule has 2 rings (SSSR count). The molecule has 0 aliphatic carbocycles. The van der Waals surface area contributed by atoms with E-state index in [-0.39, 0.29) is 0 Å². The molecule has 2 aromatic rings. The summed E-state index contributed by atoms with van der Waals surface area (Å²) in [6.45, 7) is 2.41. The third-order valence-electron chi connectivity index (χ3n) is 2.71. The molecule has 0 fully saturated rings. The molecule has 2 nitrogen and oxygen atoms in total. The number of ether oxygens (including phenoxy) is 2. The van der Waals surface area contributed by atoms with E-state index in [1.54, 1.807) is 6.07 Å². The number of benzene rings is 2. The Morgan fingerprint density at radius 2 is 1.70 bits per heavy atom. The molecule has 0 saturated heterocycles. The standard InChI is InChI=1S/C16H15BrClO2/c1-2-12(20-15-9-5-3-7-13(15)17)11-19-16-10-6-4-8-14(16)18/h3-10H,2,11H2,1H3. The molecule has 0 spiro atoms. The van der Waals surface area contributed by atoms with Crippen molar-refractivity contribution >= 4 is 27.5 Å². The van der Waals surface area contributed by atoms with Crippen LogP contribution < -0.4 is 9.47 Å². The Hall–Kier alpha value is -1.19. The molecule has 0 saturated carbocycles. The molecule has 0 N–H and O–H groups in total. The molecule has 105 valence electrons. The second kappa shape index (κ2) is 7.55. The topological polar surface area (TPSA) is 18.5 Å². The van der Waals surface area contributed by atoms with Crippen molar-refractivity contribution in [1.29, 1.82) is 0 Å². The third kappa shape index (κ3) is 4.15. The van der Waals surface area contributed by atoms with E-state index < -0.39 is 0 Å². The Bertz CT molecular complexity index is 560. The number of hydrogen-bond donors (Lipinski definition) is 0. The fraction of sp³-hybridized carbons (Fsp3) is 0.188. The van der Waals surface area contributed by atoms with E-state index in [1.165, 1.54) is 0 Å². The van der Waals surface area contributed by atoms with Crippen LogP contribution in [0, 0.1) is 6.10 Å². The van der Waals surface area contributed by atoms with Crippen molar-refractivity contribution in [2.24, 2.45) is 0 Å². The maximum absolute atomic E-state index is 6.05. The first-order valence-corrected chi connectivity index (χ1v) is 7.52. The van der Waals surface area contributed by atoms with Crippen LogP contribution in [0.25, 0.3) is 0 Å². The highest BCUT2D eigenvalue weighted by atomic mass is 79.9. The van der Waals surface area contributed by atoms with E-state index in [2.05, 4.69) is 15.9 Å². The lowest BCUT2D eigenvalue weighted by atomic mass is 10.3. The average Bonchev–Trinajstić information content (AvgIpc) is 2.47. The smallest absolute Gasteiger partial charge is 0.185 e. The Morgan fingerprint density at radius 1 is 1.05 bits per heavy atom. The van der Waals surface area contributed by atoms with Gasteiger partial charge in [0, 0.05) is 0 Å². The van der Waals surface area contributed by atoms with Crippen LogP contribution in [0.4, 0.5) is 0 Å². The van der Waals surface area contributed by atoms with E-state index >= 15 is 0 Å². The van der Waals surface area contributed by atoms with Gasteiger partial charge in [-0.1, -0.05) is 42.8 Å². The highest BCUT2D eigenvalue weighted by Gasteiger charge is 2.13. The van der Waals surface area contributed by atoms with E-state index in [0.717, 1.165) is 22.7 Å². The first-order chi connectivity index (χ1) is 9.70. The van der Waals surface area contributed by atoms with Gasteiger partial charge in [0.1, 0.15) is 18.1 Å². The van der Waals surface area contributed by atoms with Crippen LogP contribution in [0.3, 0.4) is 0 Å². The van der Waals surface area contributed by atoms with Crippen molar-refractivity contribution in [2.45, 2.75) is 13.3 Å². The summed E-state index contributed by atoms with van der Waals surface area (Å²) in [6.07, 6.45) is 1.61. The van der Waals surface area contributed by atoms with Gasteiger partial charge >= 0.3 is 0 Å². The van der Waals surface area contributed by atoms with Crippen molar-refractivity contribution in [2.75, 3.05) is 6.61 Å². The molecule has 1 radical (unpaired) electrons. The predicted octanol–water partition coefficient (Wildman–Crippen LogP) is 5.50. The monoisotopic (exact) mass is 353 g/mol. The van der Waals surface area contributed by atoms with Crippen LogP contribution in [0.15, 0.2) is 53.0 Å². The highest BCUT2D eigenvalue weighted by Crippen LogP contribution is 2.28. The van der Waals surface area contributed by atoms with Crippen molar-refractivity contribution in [3.8, 4) is 11.5 Å². The van der Waals surface area contributed by atoms with Gasteiger partial charge < -0.3 is 9.47 Å². The van der Waals surface area contributed by atoms with Gasteiger partial charge in [0.05, 0.1) is 9.50 Å². The number of hydrogen-bond acceptors (Lipinski definition) is 2. The third-order valence-corrected chi connectivity index (χ3v) is 3.68. The van der Waals surface area contributed by atoms with Crippen LogP contribution in [-0.2, 0) is 0 Å². The summed E-state index contributed by atoms with van der Waals surface area (Å²) in [7, 11) is 0. The predicted molar refractivity (Wildman–Crippen MR) is 85.3 cm³/mol. The molecular formula is C16H15BrClO2. The minimum absolute atomic E-state index is 0.377. The van der Waals surface area contributed by atoms with Crippen LogP contribution in [0.2, 0.25) is 5.02 Å². The molecule has 4 heteroatoms. The minimum Gasteiger partial charge on any atom is -0.488 e. The zero-order chi connectivity index (χ0) is 14.4. The van der Waals surface area contributed by atoms with Gasteiger partial charge in [-0.05, 0) is 46.6 Å². The SMILES string of the molecule is CC[C](COc1ccccc1Cl)Oc1ccccc1Br. The summed E-state index contributed by atoms with van der Waals surface area (Å²) >= 11 is 9.52. The van der Waals surface area contributed by atoms with Crippen molar-refractivity contribution < 1.29 is 9.47 Å². The summed E-state index contributed by atoms with van der Waals surface area (Å²) in [5.74, 6) is 1.45. The van der Waals surface area contributed by atoms with E-state index in [1.807, 2.05) is 49.4 Å². The number of para-hydroxylation sites is 2. The highest BCUT2D eigenvalue weighted by molar-refractivity contribution is 9.10. The normalized spacial score (nSPS) is 10.6. The molecule has 0 atom stereocenters. The average molecular weight is 355 g/mol. The summed E-state index contributed by atoms with van der Waals surface area (Å²) < 4.78 is 12.5. The Labute approximate surface area is 132 Å². The van der Waals surface area contributed by atoms with Crippen LogP contribution >= 0.6 is 27.5 Å². The molecule has 2 aromatic carbocycles. The maximum atomic E-state index is 6.05. The molecule has 0 aromatic heterocycles. The molecule has 20 heavy (non-hydrogen) atoms. The Balaban J connectivity index is 1.96. The molecule has 0 heterocycles. The number of rotatable bonds is 6. The summed E-state index contributed by atoms with van der Waals surface area (Å²) in [6, 6.07) is 15.1. The second-order valence-corrected chi connectivity index (χ2v) is 5.41. The van der Waals surface area contributed by atoms with Gasteiger partial charge in [-0.2, -0.15) is 0 Å². The summed E-state index contributed by atoms with van der Waals surface area (Å²) in [5.41, 5.74) is 0. The molecule has 0 amide bonds. The van der Waals surface area contributed by atoms with Crippen molar-refractivity contribution in [3.63, 3.8) is 0 Å². The molecule has 0 aliphatic rings. The fourth-order valence-corrected chi connectivity index (χ4v) is 2.16. The minimum atomic E-state index is 0.377. The second-order valence-electron chi connectivity index (χ2n) is 4.14. The Morgan fingerprint density at radius 3 is 2.35 bits per heavy atom. The quantitative estimate of drug-likeness (QED) is 0.681. The first kappa shape index (κ1) is 15.2. The lowest BCUT2D eigenvalue weighted by Crippen LogP contribution is -2.15. The van der Waals surface area contributed by atoms with Gasteiger partial charge in [0.15, 0.2) is 6.10 Å². The van der Waals surface area contributed by atoms with Crippen LogP contribution in [0.5, 0.6) is 11.5 Å². The molecule has 0 bridgehead atoms. The van der Waals surface area contributed by atoms with E-state index in [9.17, 15) is 0 Å². The Kier molecular flexibility index (Phi) is 5.74. The first-order valence-electron chi connectivity index (χ1n) is 6.35. The van der Waals surface area contributed by atoms with Crippen molar-refractivity contribution in [1.82, 2.24) is 0 Å². The van der Waals surface area contributed by atoms with Gasteiger partial charge in [-0.3, -0.25) is 0 Å². The molecule has 0 aliphatic heterocycles. The summed E-state index contributed by atoms with van der Waals surface area (Å²) in [5, 5.41) is 0.601. The van der Waals surface area contributed by atoms with Crippen LogP contribution in [-0.4, -0.2) is 6.61 Å². The van der Waals surface area contributed by atoms with E-state index in [0.29, 0.717) is 17.4 Å². The lowest BCUT2D eigenvalue weighted by molar-refractivity contribution is 0.210. The van der Waals surface area contributed by atoms with Gasteiger partial charge in [-0.25, -0.2) is 0 Å². The van der Waals surface area contributed by atoms with Gasteiger partial charge in [-0.15, -0.1) is 0 Å². The van der Waals surface area contributed by atoms with Crippen LogP contribution in [0.1, 0.15) is 13.3 Å². The summed E-state index contributed by atoms with van der Waals surface area (Å²) in [4.78, 5) is 0. The fourth-order valence-electron chi connectivity index (χ4n) is 1.61. The maximum Gasteiger partial charge on any atom is 0.185 e. The zero-order valence-electron chi connectivity index (χ0n) is 11.1. The van der Waals surface area contributed by atoms with E-state index in [4.69, 9.17) is 21.1 Å². The largest absolute Gasteiger partial charge is 0.488 e. The molecular weight excluding hydrogens is 340 g/mol.